The third-order valence-corrected chi connectivity index (χ3v) is 7.33. The van der Waals surface area contributed by atoms with Crippen molar-refractivity contribution in [1.82, 2.24) is 9.55 Å². The van der Waals surface area contributed by atoms with Gasteiger partial charge >= 0.3 is 0 Å². The van der Waals surface area contributed by atoms with Gasteiger partial charge in [0, 0.05) is 10.6 Å². The van der Waals surface area contributed by atoms with Gasteiger partial charge in [0.25, 0.3) is 5.56 Å². The van der Waals surface area contributed by atoms with Gasteiger partial charge in [0.15, 0.2) is 0 Å². The fourth-order valence-electron chi connectivity index (χ4n) is 4.08. The smallest absolute Gasteiger partial charge is 0.268 e. The number of fused-ring (bicyclic) bond motifs is 3. The highest BCUT2D eigenvalue weighted by atomic mass is 32.1. The van der Waals surface area contributed by atoms with Crippen molar-refractivity contribution in [2.45, 2.75) is 60.3 Å². The zero-order chi connectivity index (χ0) is 21.5. The SMILES string of the molecule is CC/C(C)=N\Nc1nc2sc3c(c2c(=O)n1-c1ccccc1)CCC(C(C)(C)C)C3. The molecule has 158 valence electrons. The molecule has 0 fully saturated rings. The van der Waals surface area contributed by atoms with Gasteiger partial charge in [0.2, 0.25) is 5.95 Å². The Morgan fingerprint density at radius 2 is 2.03 bits per heavy atom. The predicted octanol–water partition coefficient (Wildman–Crippen LogP) is 5.80. The summed E-state index contributed by atoms with van der Waals surface area (Å²) in [6, 6.07) is 9.70. The van der Waals surface area contributed by atoms with Gasteiger partial charge in [0.05, 0.1) is 11.1 Å². The molecule has 1 atom stereocenters. The Labute approximate surface area is 181 Å². The molecule has 30 heavy (non-hydrogen) atoms. The van der Waals surface area contributed by atoms with Crippen LogP contribution in [0.3, 0.4) is 0 Å². The van der Waals surface area contributed by atoms with Crippen LogP contribution in [0.4, 0.5) is 5.95 Å². The topological polar surface area (TPSA) is 59.3 Å². The van der Waals surface area contributed by atoms with Crippen molar-refractivity contribution in [3.8, 4) is 5.69 Å². The zero-order valence-electron chi connectivity index (χ0n) is 18.5. The van der Waals surface area contributed by atoms with Crippen LogP contribution < -0.4 is 11.0 Å². The quantitative estimate of drug-likeness (QED) is 0.427. The molecular weight excluding hydrogens is 392 g/mol. The van der Waals surface area contributed by atoms with E-state index in [0.29, 0.717) is 11.9 Å². The van der Waals surface area contributed by atoms with Crippen LogP contribution in [0.25, 0.3) is 15.9 Å². The highest BCUT2D eigenvalue weighted by Gasteiger charge is 2.32. The summed E-state index contributed by atoms with van der Waals surface area (Å²) in [5.41, 5.74) is 6.28. The first kappa shape index (κ1) is 20.8. The summed E-state index contributed by atoms with van der Waals surface area (Å²) in [6.45, 7) is 11.0. The summed E-state index contributed by atoms with van der Waals surface area (Å²) in [6.07, 6.45) is 3.93. The maximum Gasteiger partial charge on any atom is 0.268 e. The number of aryl methyl sites for hydroxylation is 1. The highest BCUT2D eigenvalue weighted by molar-refractivity contribution is 7.18. The Kier molecular flexibility index (Phi) is 5.53. The minimum atomic E-state index is -0.00948. The summed E-state index contributed by atoms with van der Waals surface area (Å²) in [7, 11) is 0. The van der Waals surface area contributed by atoms with Crippen molar-refractivity contribution < 1.29 is 0 Å². The Morgan fingerprint density at radius 1 is 1.30 bits per heavy atom. The van der Waals surface area contributed by atoms with Crippen molar-refractivity contribution >= 4 is 33.2 Å². The minimum absolute atomic E-state index is 0.00948. The maximum atomic E-state index is 13.7. The van der Waals surface area contributed by atoms with Gasteiger partial charge in [-0.25, -0.2) is 15.0 Å². The molecule has 0 amide bonds. The van der Waals surface area contributed by atoms with Crippen molar-refractivity contribution in [1.29, 1.82) is 0 Å². The molecular formula is C24H30N4OS. The van der Waals surface area contributed by atoms with Crippen LogP contribution in [-0.4, -0.2) is 15.3 Å². The number of hydrogen-bond donors (Lipinski definition) is 1. The van der Waals surface area contributed by atoms with E-state index >= 15 is 0 Å². The molecule has 3 aromatic rings. The van der Waals surface area contributed by atoms with Crippen molar-refractivity contribution in [3.63, 3.8) is 0 Å². The first-order valence-electron chi connectivity index (χ1n) is 10.7. The van der Waals surface area contributed by atoms with Crippen molar-refractivity contribution in [3.05, 3.63) is 51.1 Å². The number of hydrogen-bond acceptors (Lipinski definition) is 5. The molecule has 0 spiro atoms. The summed E-state index contributed by atoms with van der Waals surface area (Å²) in [5.74, 6) is 1.10. The second kappa shape index (κ2) is 7.99. The third kappa shape index (κ3) is 3.81. The second-order valence-electron chi connectivity index (χ2n) is 9.21. The Balaban J connectivity index is 1.90. The van der Waals surface area contributed by atoms with Crippen LogP contribution in [0.5, 0.6) is 0 Å². The first-order valence-corrected chi connectivity index (χ1v) is 11.5. The number of thiophene rings is 1. The lowest BCUT2D eigenvalue weighted by molar-refractivity contribution is 0.218. The fourth-order valence-corrected chi connectivity index (χ4v) is 5.37. The van der Waals surface area contributed by atoms with Crippen molar-refractivity contribution in [2.24, 2.45) is 16.4 Å². The van der Waals surface area contributed by atoms with Gasteiger partial charge in [-0.1, -0.05) is 45.9 Å². The van der Waals surface area contributed by atoms with Crippen LogP contribution in [-0.2, 0) is 12.8 Å². The Morgan fingerprint density at radius 3 is 2.70 bits per heavy atom. The fraction of sp³-hybridized carbons (Fsp3) is 0.458. The summed E-state index contributed by atoms with van der Waals surface area (Å²) in [5, 5.41) is 5.21. The number of hydrazone groups is 1. The minimum Gasteiger partial charge on any atom is -0.268 e. The first-order chi connectivity index (χ1) is 14.3. The molecule has 2 aromatic heterocycles. The molecule has 1 unspecified atom stereocenters. The molecule has 0 saturated carbocycles. The molecule has 1 aliphatic carbocycles. The maximum absolute atomic E-state index is 13.7. The van der Waals surface area contributed by atoms with Crippen LogP contribution in [0.1, 0.15) is 57.9 Å². The van der Waals surface area contributed by atoms with E-state index in [9.17, 15) is 4.79 Å². The largest absolute Gasteiger partial charge is 0.268 e. The number of nitrogens with zero attached hydrogens (tertiary/aromatic N) is 3. The second-order valence-corrected chi connectivity index (χ2v) is 10.3. The van der Waals surface area contributed by atoms with Crippen LogP contribution in [0, 0.1) is 11.3 Å². The lowest BCUT2D eigenvalue weighted by atomic mass is 9.72. The van der Waals surface area contributed by atoms with E-state index in [1.165, 1.54) is 10.4 Å². The average molecular weight is 423 g/mol. The number of anilines is 1. The van der Waals surface area contributed by atoms with E-state index in [4.69, 9.17) is 4.98 Å². The standard InChI is InChI=1S/C24H30N4OS/c1-6-15(2)26-27-23-25-21-20(22(29)28(23)17-10-8-7-9-11-17)18-13-12-16(24(3,4)5)14-19(18)30-21/h7-11,16H,6,12-14H2,1-5H3,(H,25,27)/b26-15-. The van der Waals surface area contributed by atoms with E-state index in [-0.39, 0.29) is 11.0 Å². The average Bonchev–Trinajstić information content (AvgIpc) is 3.09. The molecule has 1 aliphatic rings. The number of benzene rings is 1. The van der Waals surface area contributed by atoms with Crippen LogP contribution in [0.2, 0.25) is 0 Å². The molecule has 0 radical (unpaired) electrons. The predicted molar refractivity (Wildman–Crippen MR) is 127 cm³/mol. The highest BCUT2D eigenvalue weighted by Crippen LogP contribution is 2.42. The van der Waals surface area contributed by atoms with Gasteiger partial charge < -0.3 is 0 Å². The molecule has 0 bridgehead atoms. The van der Waals surface area contributed by atoms with E-state index in [1.54, 1.807) is 15.9 Å². The lowest BCUT2D eigenvalue weighted by Crippen LogP contribution is -2.27. The van der Waals surface area contributed by atoms with E-state index in [0.717, 1.165) is 47.3 Å². The monoisotopic (exact) mass is 422 g/mol. The summed E-state index contributed by atoms with van der Waals surface area (Å²) < 4.78 is 1.66. The number of para-hydroxylation sites is 1. The van der Waals surface area contributed by atoms with Crippen molar-refractivity contribution in [2.75, 3.05) is 5.43 Å². The van der Waals surface area contributed by atoms with Gasteiger partial charge in [-0.15, -0.1) is 11.3 Å². The molecule has 2 heterocycles. The van der Waals surface area contributed by atoms with Gasteiger partial charge in [0.1, 0.15) is 4.83 Å². The van der Waals surface area contributed by atoms with Crippen LogP contribution >= 0.6 is 11.3 Å². The molecule has 1 N–H and O–H groups in total. The van der Waals surface area contributed by atoms with Gasteiger partial charge in [-0.3, -0.25) is 4.79 Å². The third-order valence-electron chi connectivity index (χ3n) is 6.18. The molecule has 6 heteroatoms. The van der Waals surface area contributed by atoms with Crippen LogP contribution in [0.15, 0.2) is 40.2 Å². The summed E-state index contributed by atoms with van der Waals surface area (Å²) >= 11 is 1.68. The molecule has 5 nitrogen and oxygen atoms in total. The molecule has 1 aromatic carbocycles. The number of aromatic nitrogens is 2. The molecule has 0 aliphatic heterocycles. The zero-order valence-corrected chi connectivity index (χ0v) is 19.3. The molecule has 0 saturated heterocycles. The number of nitrogens with one attached hydrogen (secondary N) is 1. The van der Waals surface area contributed by atoms with Gasteiger partial charge in [-0.05, 0) is 61.6 Å². The summed E-state index contributed by atoms with van der Waals surface area (Å²) in [4.78, 5) is 20.7. The Hall–Kier alpha value is -2.47. The van der Waals surface area contributed by atoms with Gasteiger partial charge in [-0.2, -0.15) is 5.10 Å². The molecule has 4 rings (SSSR count). The normalized spacial score (nSPS) is 17.2. The Bertz CT molecular complexity index is 1150. The van der Waals surface area contributed by atoms with E-state index < -0.39 is 0 Å². The van der Waals surface area contributed by atoms with E-state index in [2.05, 4.69) is 38.2 Å². The van der Waals surface area contributed by atoms with E-state index in [1.807, 2.05) is 37.3 Å². The number of rotatable bonds is 4. The lowest BCUT2D eigenvalue weighted by Gasteiger charge is -2.33.